The van der Waals surface area contributed by atoms with Crippen LogP contribution in [0.3, 0.4) is 0 Å². The summed E-state index contributed by atoms with van der Waals surface area (Å²) in [4.78, 5) is 21.0. The van der Waals surface area contributed by atoms with Crippen molar-refractivity contribution in [2.45, 2.75) is 70.1 Å². The first-order valence-corrected chi connectivity index (χ1v) is 18.5. The molecule has 0 saturated carbocycles. The van der Waals surface area contributed by atoms with E-state index in [0.717, 1.165) is 96.2 Å². The van der Waals surface area contributed by atoms with Crippen LogP contribution in [-0.2, 0) is 32.6 Å². The van der Waals surface area contributed by atoms with Gasteiger partial charge in [-0.25, -0.2) is 4.98 Å². The van der Waals surface area contributed by atoms with Crippen molar-refractivity contribution in [3.63, 3.8) is 0 Å². The molecule has 3 aromatic carbocycles. The normalized spacial score (nSPS) is 13.6. The average Bonchev–Trinajstić information content (AvgIpc) is 3.53. The molecular formula is C39H48N4O4S. The Balaban J connectivity index is 1.30. The molecule has 0 aliphatic carbocycles. The van der Waals surface area contributed by atoms with Crippen LogP contribution in [-0.4, -0.2) is 52.6 Å². The zero-order valence-electron chi connectivity index (χ0n) is 28.5. The van der Waals surface area contributed by atoms with E-state index in [2.05, 4.69) is 70.9 Å². The SMILES string of the molecule is CCCOCCOc1ccc(-c2ccc3c(c2)C=C(C(=O)Nc2ccc(S(=O)Cc4cncn4CCC)cc2)CCCN3CCC)cc1. The lowest BCUT2D eigenvalue weighted by Crippen LogP contribution is -2.28. The van der Waals surface area contributed by atoms with E-state index >= 15 is 0 Å². The van der Waals surface area contributed by atoms with Gasteiger partial charge in [-0.3, -0.25) is 9.00 Å². The second kappa shape index (κ2) is 17.8. The van der Waals surface area contributed by atoms with Crippen LogP contribution in [0.1, 0.15) is 64.1 Å². The minimum atomic E-state index is -1.21. The standard InChI is InChI=1S/C39H48N4O4S/c1-4-19-42-21-7-8-32(39(44)41-34-12-16-37(17-13-34)48(45)28-35-27-40-29-43(35)20-5-2)26-33-25-31(11-18-38(33)42)30-9-14-36(15-10-30)47-24-23-46-22-6-3/h9-18,25-27,29H,4-8,19-24,28H2,1-3H3,(H,41,44). The predicted octanol–water partition coefficient (Wildman–Crippen LogP) is 8.11. The fourth-order valence-electron chi connectivity index (χ4n) is 5.90. The Hall–Kier alpha value is -4.21. The van der Waals surface area contributed by atoms with Crippen molar-refractivity contribution in [1.82, 2.24) is 9.55 Å². The summed E-state index contributed by atoms with van der Waals surface area (Å²) in [6, 6.07) is 22.0. The summed E-state index contributed by atoms with van der Waals surface area (Å²) in [5.41, 5.74) is 6.73. The van der Waals surface area contributed by atoms with Crippen molar-refractivity contribution < 1.29 is 18.5 Å². The van der Waals surface area contributed by atoms with E-state index in [4.69, 9.17) is 9.47 Å². The molecule has 48 heavy (non-hydrogen) atoms. The Morgan fingerprint density at radius 2 is 1.67 bits per heavy atom. The molecule has 2 heterocycles. The number of carbonyl (C=O) groups excluding carboxylic acids is 1. The molecule has 1 unspecified atom stereocenters. The van der Waals surface area contributed by atoms with Crippen LogP contribution in [0.2, 0.25) is 0 Å². The number of hydrogen-bond acceptors (Lipinski definition) is 6. The van der Waals surface area contributed by atoms with Gasteiger partial charge in [-0.15, -0.1) is 0 Å². The second-order valence-electron chi connectivity index (χ2n) is 12.1. The van der Waals surface area contributed by atoms with Crippen molar-refractivity contribution in [1.29, 1.82) is 0 Å². The Morgan fingerprint density at radius 3 is 2.42 bits per heavy atom. The lowest BCUT2D eigenvalue weighted by molar-refractivity contribution is -0.112. The third kappa shape index (κ3) is 9.45. The lowest BCUT2D eigenvalue weighted by Gasteiger charge is -2.29. The fourth-order valence-corrected chi connectivity index (χ4v) is 7.01. The molecule has 1 N–H and O–H groups in total. The molecule has 4 aromatic rings. The molecule has 8 nitrogen and oxygen atoms in total. The van der Waals surface area contributed by atoms with E-state index in [1.165, 1.54) is 0 Å². The highest BCUT2D eigenvalue weighted by Gasteiger charge is 2.19. The highest BCUT2D eigenvalue weighted by molar-refractivity contribution is 7.84. The van der Waals surface area contributed by atoms with Gasteiger partial charge in [0.15, 0.2) is 0 Å². The van der Waals surface area contributed by atoms with Gasteiger partial charge < -0.3 is 24.3 Å². The Bertz CT molecular complexity index is 1680. The molecule has 0 saturated heterocycles. The second-order valence-corrected chi connectivity index (χ2v) is 13.5. The number of carbonyl (C=O) groups is 1. The monoisotopic (exact) mass is 668 g/mol. The summed E-state index contributed by atoms with van der Waals surface area (Å²) in [6.07, 6.45) is 10.2. The number of imidazole rings is 1. The van der Waals surface area contributed by atoms with Gasteiger partial charge in [-0.1, -0.05) is 39.0 Å². The number of aryl methyl sites for hydroxylation is 1. The minimum absolute atomic E-state index is 0.114. The van der Waals surface area contributed by atoms with Crippen LogP contribution >= 0.6 is 0 Å². The van der Waals surface area contributed by atoms with Crippen molar-refractivity contribution in [2.24, 2.45) is 0 Å². The Morgan fingerprint density at radius 1 is 0.896 bits per heavy atom. The first-order valence-electron chi connectivity index (χ1n) is 17.2. The number of nitrogens with one attached hydrogen (secondary N) is 1. The molecule has 0 fully saturated rings. The van der Waals surface area contributed by atoms with Crippen LogP contribution in [0.4, 0.5) is 11.4 Å². The fraction of sp³-hybridized carbons (Fsp3) is 0.385. The number of amides is 1. The van der Waals surface area contributed by atoms with Gasteiger partial charge in [0.2, 0.25) is 0 Å². The summed E-state index contributed by atoms with van der Waals surface area (Å²) in [5, 5.41) is 3.09. The van der Waals surface area contributed by atoms with Crippen molar-refractivity contribution >= 4 is 34.2 Å². The van der Waals surface area contributed by atoms with Crippen molar-refractivity contribution in [3.05, 3.63) is 96.1 Å². The predicted molar refractivity (Wildman–Crippen MR) is 196 cm³/mol. The molecule has 5 rings (SSSR count). The molecular weight excluding hydrogens is 621 g/mol. The number of hydrogen-bond donors (Lipinski definition) is 1. The number of rotatable bonds is 16. The van der Waals surface area contributed by atoms with Gasteiger partial charge in [0.25, 0.3) is 5.91 Å². The van der Waals surface area contributed by atoms with Gasteiger partial charge in [0.1, 0.15) is 12.4 Å². The van der Waals surface area contributed by atoms with Crippen molar-refractivity contribution in [2.75, 3.05) is 43.1 Å². The van der Waals surface area contributed by atoms with E-state index in [1.54, 1.807) is 12.5 Å². The number of anilines is 2. The van der Waals surface area contributed by atoms with Gasteiger partial charge in [0.05, 0.1) is 35.2 Å². The van der Waals surface area contributed by atoms with E-state index in [-0.39, 0.29) is 5.91 Å². The number of nitrogens with zero attached hydrogens (tertiary/aromatic N) is 3. The maximum Gasteiger partial charge on any atom is 0.251 e. The number of fused-ring (bicyclic) bond motifs is 1. The van der Waals surface area contributed by atoms with E-state index in [9.17, 15) is 9.00 Å². The van der Waals surface area contributed by atoms with Crippen LogP contribution in [0.25, 0.3) is 17.2 Å². The lowest BCUT2D eigenvalue weighted by atomic mass is 9.96. The minimum Gasteiger partial charge on any atom is -0.491 e. The molecule has 254 valence electrons. The van der Waals surface area contributed by atoms with Crippen LogP contribution in [0.5, 0.6) is 5.75 Å². The largest absolute Gasteiger partial charge is 0.491 e. The summed E-state index contributed by atoms with van der Waals surface area (Å²) in [6.45, 7) is 11.0. The first kappa shape index (κ1) is 35.1. The molecule has 0 bridgehead atoms. The third-order valence-corrected chi connectivity index (χ3v) is 9.66. The maximum absolute atomic E-state index is 13.6. The highest BCUT2D eigenvalue weighted by atomic mass is 32.2. The average molecular weight is 669 g/mol. The van der Waals surface area contributed by atoms with E-state index in [1.807, 2.05) is 42.5 Å². The summed E-state index contributed by atoms with van der Waals surface area (Å²) < 4.78 is 26.5. The van der Waals surface area contributed by atoms with Crippen molar-refractivity contribution in [3.8, 4) is 16.9 Å². The Labute approximate surface area is 287 Å². The molecule has 1 aliphatic heterocycles. The molecule has 1 atom stereocenters. The zero-order chi connectivity index (χ0) is 33.7. The number of ether oxygens (including phenoxy) is 2. The van der Waals surface area contributed by atoms with E-state index in [0.29, 0.717) is 31.1 Å². The van der Waals surface area contributed by atoms with Gasteiger partial charge >= 0.3 is 0 Å². The van der Waals surface area contributed by atoms with Gasteiger partial charge in [-0.05, 0) is 103 Å². The summed E-state index contributed by atoms with van der Waals surface area (Å²) in [7, 11) is -1.21. The van der Waals surface area contributed by atoms with Crippen LogP contribution in [0.15, 0.2) is 89.7 Å². The smallest absolute Gasteiger partial charge is 0.251 e. The Kier molecular flexibility index (Phi) is 13.0. The molecule has 9 heteroatoms. The maximum atomic E-state index is 13.6. The highest BCUT2D eigenvalue weighted by Crippen LogP contribution is 2.33. The number of aromatic nitrogens is 2. The van der Waals surface area contributed by atoms with E-state index < -0.39 is 10.8 Å². The third-order valence-electron chi connectivity index (χ3n) is 8.31. The van der Waals surface area contributed by atoms with Crippen LogP contribution in [0, 0.1) is 0 Å². The zero-order valence-corrected chi connectivity index (χ0v) is 29.3. The summed E-state index contributed by atoms with van der Waals surface area (Å²) in [5.74, 6) is 1.11. The molecule has 0 spiro atoms. The number of benzene rings is 3. The molecule has 1 amide bonds. The molecule has 0 radical (unpaired) electrons. The van der Waals surface area contributed by atoms with Gasteiger partial charge in [-0.2, -0.15) is 0 Å². The topological polar surface area (TPSA) is 85.7 Å². The van der Waals surface area contributed by atoms with Gasteiger partial charge in [0, 0.05) is 54.3 Å². The van der Waals surface area contributed by atoms with Crippen LogP contribution < -0.4 is 15.0 Å². The summed E-state index contributed by atoms with van der Waals surface area (Å²) >= 11 is 0. The molecule has 1 aromatic heterocycles. The first-order chi connectivity index (χ1) is 23.5. The quantitative estimate of drug-likeness (QED) is 0.122. The molecule has 1 aliphatic rings.